The lowest BCUT2D eigenvalue weighted by molar-refractivity contribution is -0.0996. The number of aromatic nitrogens is 6. The molecule has 0 N–H and O–H groups in total. The summed E-state index contributed by atoms with van der Waals surface area (Å²) in [6, 6.07) is 9.92. The standard InChI is InChI=1S/C23H21FN6O2/c1-15-22(30(28-27-15)19-6-4-3-5-17(19)24)18-11-29(14-26-18)21-8-7-16(10-25-21)20(31)9-23(2)12-32-13-23/h3-8,10-11,14H,9,12-13H2,1-2H3. The van der Waals surface area contributed by atoms with Gasteiger partial charge in [0.05, 0.1) is 18.9 Å². The Balaban J connectivity index is 1.41. The Labute approximate surface area is 183 Å². The highest BCUT2D eigenvalue weighted by Crippen LogP contribution is 2.32. The topological polar surface area (TPSA) is 87.7 Å². The molecule has 0 aliphatic carbocycles. The van der Waals surface area contributed by atoms with Crippen molar-refractivity contribution in [3.63, 3.8) is 0 Å². The van der Waals surface area contributed by atoms with Crippen LogP contribution in [0.25, 0.3) is 22.9 Å². The minimum Gasteiger partial charge on any atom is -0.380 e. The molecule has 5 rings (SSSR count). The first-order chi connectivity index (χ1) is 15.4. The number of ketones is 1. The SMILES string of the molecule is Cc1nnn(-c2ccccc2F)c1-c1cn(-c2ccc(C(=O)CC3(C)COC3)cn2)cn1. The van der Waals surface area contributed by atoms with Crippen molar-refractivity contribution in [1.82, 2.24) is 29.5 Å². The van der Waals surface area contributed by atoms with Crippen molar-refractivity contribution in [1.29, 1.82) is 0 Å². The van der Waals surface area contributed by atoms with Crippen LogP contribution in [-0.4, -0.2) is 48.5 Å². The van der Waals surface area contributed by atoms with Crippen LogP contribution in [0.5, 0.6) is 0 Å². The van der Waals surface area contributed by atoms with Gasteiger partial charge in [-0.2, -0.15) is 0 Å². The van der Waals surface area contributed by atoms with Crippen molar-refractivity contribution in [2.75, 3.05) is 13.2 Å². The van der Waals surface area contributed by atoms with Crippen LogP contribution in [-0.2, 0) is 4.74 Å². The fourth-order valence-electron chi connectivity index (χ4n) is 3.76. The number of rotatable bonds is 6. The fourth-order valence-corrected chi connectivity index (χ4v) is 3.76. The molecule has 9 heteroatoms. The summed E-state index contributed by atoms with van der Waals surface area (Å²) in [5, 5.41) is 8.19. The Morgan fingerprint density at radius 2 is 2.00 bits per heavy atom. The Kier molecular flexibility index (Phi) is 4.90. The third kappa shape index (κ3) is 3.60. The lowest BCUT2D eigenvalue weighted by Crippen LogP contribution is -2.41. The molecule has 1 aliphatic heterocycles. The number of para-hydroxylation sites is 1. The lowest BCUT2D eigenvalue weighted by Gasteiger charge is -2.37. The van der Waals surface area contributed by atoms with Crippen molar-refractivity contribution in [3.8, 4) is 22.9 Å². The van der Waals surface area contributed by atoms with Gasteiger partial charge in [0.15, 0.2) is 5.78 Å². The largest absolute Gasteiger partial charge is 0.380 e. The first kappa shape index (κ1) is 20.2. The van der Waals surface area contributed by atoms with Crippen LogP contribution in [0, 0.1) is 18.2 Å². The Morgan fingerprint density at radius 1 is 1.19 bits per heavy atom. The molecule has 0 bridgehead atoms. The second-order valence-corrected chi connectivity index (χ2v) is 8.36. The predicted molar refractivity (Wildman–Crippen MR) is 114 cm³/mol. The second-order valence-electron chi connectivity index (χ2n) is 8.36. The number of Topliss-reactive ketones (excluding diaryl/α,β-unsaturated/α-hetero) is 1. The smallest absolute Gasteiger partial charge is 0.165 e. The summed E-state index contributed by atoms with van der Waals surface area (Å²) in [4.78, 5) is 21.4. The summed E-state index contributed by atoms with van der Waals surface area (Å²) in [5.74, 6) is 0.264. The number of nitrogens with zero attached hydrogens (tertiary/aromatic N) is 6. The van der Waals surface area contributed by atoms with Crippen molar-refractivity contribution >= 4 is 5.78 Å². The molecule has 1 aromatic carbocycles. The van der Waals surface area contributed by atoms with E-state index in [0.29, 0.717) is 53.8 Å². The van der Waals surface area contributed by atoms with E-state index in [1.807, 2.05) is 6.92 Å². The van der Waals surface area contributed by atoms with E-state index >= 15 is 0 Å². The Hall–Kier alpha value is -3.72. The molecule has 1 aliphatic rings. The number of carbonyl (C=O) groups excluding carboxylic acids is 1. The Bertz CT molecular complexity index is 1290. The van der Waals surface area contributed by atoms with Crippen LogP contribution >= 0.6 is 0 Å². The van der Waals surface area contributed by atoms with Crippen LogP contribution < -0.4 is 0 Å². The van der Waals surface area contributed by atoms with Gasteiger partial charge in [-0.3, -0.25) is 9.36 Å². The van der Waals surface area contributed by atoms with E-state index in [4.69, 9.17) is 4.74 Å². The average Bonchev–Trinajstić information content (AvgIpc) is 3.39. The normalized spacial score (nSPS) is 14.8. The van der Waals surface area contributed by atoms with Gasteiger partial charge in [0.2, 0.25) is 0 Å². The third-order valence-corrected chi connectivity index (χ3v) is 5.57. The van der Waals surface area contributed by atoms with E-state index in [1.54, 1.807) is 60.5 Å². The average molecular weight is 432 g/mol. The number of benzene rings is 1. The zero-order valence-corrected chi connectivity index (χ0v) is 17.7. The van der Waals surface area contributed by atoms with Crippen LogP contribution in [0.3, 0.4) is 0 Å². The van der Waals surface area contributed by atoms with Crippen molar-refractivity contribution < 1.29 is 13.9 Å². The summed E-state index contributed by atoms with van der Waals surface area (Å²) in [5.41, 5.74) is 2.58. The molecule has 1 saturated heterocycles. The van der Waals surface area contributed by atoms with Gasteiger partial charge >= 0.3 is 0 Å². The zero-order chi connectivity index (χ0) is 22.3. The molecule has 162 valence electrons. The lowest BCUT2D eigenvalue weighted by atomic mass is 9.82. The molecule has 0 amide bonds. The highest BCUT2D eigenvalue weighted by molar-refractivity contribution is 5.96. The van der Waals surface area contributed by atoms with Crippen LogP contribution in [0.2, 0.25) is 0 Å². The molecule has 32 heavy (non-hydrogen) atoms. The number of halogens is 1. The number of carbonyl (C=O) groups is 1. The molecule has 0 atom stereocenters. The maximum atomic E-state index is 14.3. The fraction of sp³-hybridized carbons (Fsp3) is 0.261. The van der Waals surface area contributed by atoms with Crippen molar-refractivity contribution in [2.45, 2.75) is 20.3 Å². The minimum absolute atomic E-state index is 0.0525. The summed E-state index contributed by atoms with van der Waals surface area (Å²) >= 11 is 0. The zero-order valence-electron chi connectivity index (χ0n) is 17.7. The number of hydrogen-bond acceptors (Lipinski definition) is 6. The van der Waals surface area contributed by atoms with E-state index in [-0.39, 0.29) is 11.2 Å². The van der Waals surface area contributed by atoms with Gasteiger partial charge in [-0.25, -0.2) is 19.0 Å². The maximum absolute atomic E-state index is 14.3. The first-order valence-electron chi connectivity index (χ1n) is 10.2. The molecular weight excluding hydrogens is 411 g/mol. The summed E-state index contributed by atoms with van der Waals surface area (Å²) in [7, 11) is 0. The van der Waals surface area contributed by atoms with Gasteiger partial charge in [-0.1, -0.05) is 24.3 Å². The van der Waals surface area contributed by atoms with E-state index in [1.165, 1.54) is 10.7 Å². The van der Waals surface area contributed by atoms with Gasteiger partial charge in [0, 0.05) is 29.8 Å². The van der Waals surface area contributed by atoms with E-state index in [0.717, 1.165) is 0 Å². The monoisotopic (exact) mass is 432 g/mol. The summed E-state index contributed by atoms with van der Waals surface area (Å²) in [6.07, 6.45) is 5.41. The Morgan fingerprint density at radius 3 is 2.69 bits per heavy atom. The third-order valence-electron chi connectivity index (χ3n) is 5.57. The molecule has 4 aromatic rings. The number of pyridine rings is 1. The molecule has 8 nitrogen and oxygen atoms in total. The van der Waals surface area contributed by atoms with E-state index in [2.05, 4.69) is 20.3 Å². The van der Waals surface area contributed by atoms with Crippen LogP contribution in [0.15, 0.2) is 55.1 Å². The number of aryl methyl sites for hydroxylation is 1. The maximum Gasteiger partial charge on any atom is 0.165 e. The minimum atomic E-state index is -0.401. The molecule has 3 aromatic heterocycles. The highest BCUT2D eigenvalue weighted by Gasteiger charge is 2.35. The molecule has 4 heterocycles. The number of imidazole rings is 1. The second kappa shape index (κ2) is 7.76. The molecule has 0 radical (unpaired) electrons. The van der Waals surface area contributed by atoms with Crippen LogP contribution in [0.1, 0.15) is 29.4 Å². The van der Waals surface area contributed by atoms with Gasteiger partial charge in [0.25, 0.3) is 0 Å². The van der Waals surface area contributed by atoms with Gasteiger partial charge in [0.1, 0.15) is 35.0 Å². The molecule has 0 saturated carbocycles. The van der Waals surface area contributed by atoms with Gasteiger partial charge < -0.3 is 4.74 Å². The summed E-state index contributed by atoms with van der Waals surface area (Å²) in [6.45, 7) is 5.07. The number of ether oxygens (including phenoxy) is 1. The molecule has 1 fully saturated rings. The molecule has 0 spiro atoms. The molecular formula is C23H21FN6O2. The highest BCUT2D eigenvalue weighted by atomic mass is 19.1. The first-order valence-corrected chi connectivity index (χ1v) is 10.2. The van der Waals surface area contributed by atoms with Gasteiger partial charge in [-0.15, -0.1) is 5.10 Å². The van der Waals surface area contributed by atoms with Crippen molar-refractivity contribution in [3.05, 3.63) is 72.2 Å². The molecule has 0 unspecified atom stereocenters. The number of hydrogen-bond donors (Lipinski definition) is 0. The van der Waals surface area contributed by atoms with E-state index in [9.17, 15) is 9.18 Å². The van der Waals surface area contributed by atoms with Crippen LogP contribution in [0.4, 0.5) is 4.39 Å². The van der Waals surface area contributed by atoms with E-state index < -0.39 is 5.82 Å². The van der Waals surface area contributed by atoms with Gasteiger partial charge in [-0.05, 0) is 31.2 Å². The van der Waals surface area contributed by atoms with Crippen molar-refractivity contribution in [2.24, 2.45) is 5.41 Å². The predicted octanol–water partition coefficient (Wildman–Crippen LogP) is 3.57. The quantitative estimate of drug-likeness (QED) is 0.433. The summed E-state index contributed by atoms with van der Waals surface area (Å²) < 4.78 is 22.7.